The number of primary amides is 1. The van der Waals surface area contributed by atoms with E-state index in [1.807, 2.05) is 0 Å². The number of esters is 1. The van der Waals surface area contributed by atoms with E-state index in [4.69, 9.17) is 15.2 Å². The lowest BCUT2D eigenvalue weighted by molar-refractivity contribution is -0.141. The lowest BCUT2D eigenvalue weighted by Crippen LogP contribution is -2.33. The second-order valence-electron chi connectivity index (χ2n) is 6.78. The molecular formula is C19H22N2O6. The molecule has 1 aliphatic carbocycles. The number of carbonyl (C=O) groups excluding carboxylic acids is 4. The Morgan fingerprint density at radius 1 is 1.15 bits per heavy atom. The third-order valence-electron chi connectivity index (χ3n) is 5.15. The summed E-state index contributed by atoms with van der Waals surface area (Å²) >= 11 is 0. The number of benzene rings is 1. The summed E-state index contributed by atoms with van der Waals surface area (Å²) < 4.78 is 10.3. The summed E-state index contributed by atoms with van der Waals surface area (Å²) in [6, 6.07) is 4.32. The van der Waals surface area contributed by atoms with Crippen LogP contribution in [-0.4, -0.2) is 42.2 Å². The standard InChI is InChI=1S/C19H22N2O6/c1-26-11-6-7-14(17(20)23)15(10-11)27-16(22)8-9-21-18(24)12-4-2-3-5-13(12)19(21)25/h6-7,10,12-13H,2-5,8-9H2,1H3,(H2,20,23)/t12-,13-/m1/s1. The summed E-state index contributed by atoms with van der Waals surface area (Å²) in [7, 11) is 1.44. The molecule has 3 rings (SSSR count). The average Bonchev–Trinajstić information content (AvgIpc) is 2.90. The average molecular weight is 374 g/mol. The molecule has 0 unspecified atom stereocenters. The number of carbonyl (C=O) groups is 4. The smallest absolute Gasteiger partial charge is 0.313 e. The van der Waals surface area contributed by atoms with Crippen molar-refractivity contribution in [2.24, 2.45) is 17.6 Å². The maximum absolute atomic E-state index is 12.4. The van der Waals surface area contributed by atoms with Crippen molar-refractivity contribution in [3.63, 3.8) is 0 Å². The van der Waals surface area contributed by atoms with E-state index in [2.05, 4.69) is 0 Å². The first-order valence-corrected chi connectivity index (χ1v) is 8.96. The summed E-state index contributed by atoms with van der Waals surface area (Å²) in [5.41, 5.74) is 5.34. The summed E-state index contributed by atoms with van der Waals surface area (Å²) in [6.07, 6.45) is 3.18. The number of nitrogens with zero attached hydrogens (tertiary/aromatic N) is 1. The molecule has 1 saturated carbocycles. The highest BCUT2D eigenvalue weighted by atomic mass is 16.5. The van der Waals surface area contributed by atoms with Crippen LogP contribution in [0.15, 0.2) is 18.2 Å². The predicted molar refractivity (Wildman–Crippen MR) is 93.9 cm³/mol. The molecule has 0 radical (unpaired) electrons. The van der Waals surface area contributed by atoms with Crippen LogP contribution < -0.4 is 15.2 Å². The number of fused-ring (bicyclic) bond motifs is 1. The zero-order chi connectivity index (χ0) is 19.6. The fraction of sp³-hybridized carbons (Fsp3) is 0.474. The Bertz CT molecular complexity index is 766. The molecule has 1 aliphatic heterocycles. The summed E-state index contributed by atoms with van der Waals surface area (Å²) in [4.78, 5) is 49.7. The van der Waals surface area contributed by atoms with Crippen LogP contribution in [0.3, 0.4) is 0 Å². The predicted octanol–water partition coefficient (Wildman–Crippen LogP) is 1.26. The number of rotatable bonds is 6. The Kier molecular flexibility index (Phi) is 5.43. The Labute approximate surface area is 156 Å². The van der Waals surface area contributed by atoms with Gasteiger partial charge in [0.25, 0.3) is 5.91 Å². The fourth-order valence-corrected chi connectivity index (χ4v) is 3.75. The highest BCUT2D eigenvalue weighted by molar-refractivity contribution is 6.05. The van der Waals surface area contributed by atoms with Crippen LogP contribution in [0.5, 0.6) is 11.5 Å². The van der Waals surface area contributed by atoms with Crippen molar-refractivity contribution in [3.05, 3.63) is 23.8 Å². The summed E-state index contributed by atoms with van der Waals surface area (Å²) in [5.74, 6) is -1.91. The number of likely N-dealkylation sites (tertiary alicyclic amines) is 1. The van der Waals surface area contributed by atoms with Gasteiger partial charge in [-0.25, -0.2) is 0 Å². The van der Waals surface area contributed by atoms with Crippen LogP contribution in [0.25, 0.3) is 0 Å². The molecule has 2 fully saturated rings. The lowest BCUT2D eigenvalue weighted by Gasteiger charge is -2.19. The van der Waals surface area contributed by atoms with Gasteiger partial charge in [-0.05, 0) is 25.0 Å². The molecule has 0 spiro atoms. The number of hydrogen-bond acceptors (Lipinski definition) is 6. The Morgan fingerprint density at radius 2 is 1.78 bits per heavy atom. The Balaban J connectivity index is 1.64. The molecule has 3 amide bonds. The van der Waals surface area contributed by atoms with E-state index >= 15 is 0 Å². The molecule has 2 N–H and O–H groups in total. The van der Waals surface area contributed by atoms with Gasteiger partial charge in [-0.15, -0.1) is 0 Å². The molecule has 2 aliphatic rings. The highest BCUT2D eigenvalue weighted by Gasteiger charge is 2.47. The van der Waals surface area contributed by atoms with Gasteiger partial charge in [-0.1, -0.05) is 12.8 Å². The van der Waals surface area contributed by atoms with Crippen LogP contribution in [0.4, 0.5) is 0 Å². The van der Waals surface area contributed by atoms with Crippen molar-refractivity contribution in [3.8, 4) is 11.5 Å². The first-order valence-electron chi connectivity index (χ1n) is 8.96. The molecule has 1 aromatic rings. The van der Waals surface area contributed by atoms with Crippen molar-refractivity contribution in [2.45, 2.75) is 32.1 Å². The van der Waals surface area contributed by atoms with Gasteiger partial charge in [0.2, 0.25) is 11.8 Å². The number of ether oxygens (including phenoxy) is 2. The zero-order valence-electron chi connectivity index (χ0n) is 15.1. The van der Waals surface area contributed by atoms with Crippen molar-refractivity contribution in [2.75, 3.05) is 13.7 Å². The highest BCUT2D eigenvalue weighted by Crippen LogP contribution is 2.38. The monoisotopic (exact) mass is 374 g/mol. The zero-order valence-corrected chi connectivity index (χ0v) is 15.1. The third-order valence-corrected chi connectivity index (χ3v) is 5.15. The Morgan fingerprint density at radius 3 is 2.33 bits per heavy atom. The van der Waals surface area contributed by atoms with E-state index < -0.39 is 11.9 Å². The molecule has 8 heteroatoms. The normalized spacial score (nSPS) is 21.7. The second-order valence-corrected chi connectivity index (χ2v) is 6.78. The molecule has 144 valence electrons. The SMILES string of the molecule is COc1ccc(C(N)=O)c(OC(=O)CCN2C(=O)[C@@H]3CCCC[C@H]3C2=O)c1. The van der Waals surface area contributed by atoms with Gasteiger partial charge in [-0.3, -0.25) is 24.1 Å². The number of hydrogen-bond donors (Lipinski definition) is 1. The second kappa shape index (κ2) is 7.77. The first-order chi connectivity index (χ1) is 12.9. The Hall–Kier alpha value is -2.90. The van der Waals surface area contributed by atoms with Gasteiger partial charge in [0.05, 0.1) is 30.9 Å². The van der Waals surface area contributed by atoms with Gasteiger partial charge < -0.3 is 15.2 Å². The molecule has 2 atom stereocenters. The quantitative estimate of drug-likeness (QED) is 0.455. The number of imide groups is 1. The van der Waals surface area contributed by atoms with E-state index in [1.165, 1.54) is 30.2 Å². The molecule has 8 nitrogen and oxygen atoms in total. The molecule has 0 aromatic heterocycles. The van der Waals surface area contributed by atoms with E-state index in [-0.39, 0.29) is 47.9 Å². The maximum Gasteiger partial charge on any atom is 0.313 e. The summed E-state index contributed by atoms with van der Waals surface area (Å²) in [6.45, 7) is -0.0284. The van der Waals surface area contributed by atoms with Gasteiger partial charge in [0.15, 0.2) is 0 Å². The van der Waals surface area contributed by atoms with Gasteiger partial charge >= 0.3 is 5.97 Å². The number of amides is 3. The minimum absolute atomic E-state index is 0.0143. The van der Waals surface area contributed by atoms with Crippen LogP contribution in [0.1, 0.15) is 42.5 Å². The van der Waals surface area contributed by atoms with Crippen molar-refractivity contribution >= 4 is 23.7 Å². The first kappa shape index (κ1) is 18.9. The lowest BCUT2D eigenvalue weighted by atomic mass is 9.81. The van der Waals surface area contributed by atoms with Gasteiger partial charge in [0.1, 0.15) is 11.5 Å². The van der Waals surface area contributed by atoms with E-state index in [0.717, 1.165) is 25.7 Å². The van der Waals surface area contributed by atoms with Crippen LogP contribution in [-0.2, 0) is 14.4 Å². The van der Waals surface area contributed by atoms with Crippen LogP contribution in [0, 0.1) is 11.8 Å². The van der Waals surface area contributed by atoms with Crippen molar-refractivity contribution in [1.82, 2.24) is 4.90 Å². The molecule has 1 heterocycles. The van der Waals surface area contributed by atoms with E-state index in [0.29, 0.717) is 5.75 Å². The van der Waals surface area contributed by atoms with Crippen molar-refractivity contribution < 1.29 is 28.7 Å². The molecular weight excluding hydrogens is 352 g/mol. The van der Waals surface area contributed by atoms with Crippen molar-refractivity contribution in [1.29, 1.82) is 0 Å². The fourth-order valence-electron chi connectivity index (χ4n) is 3.75. The van der Waals surface area contributed by atoms with E-state index in [1.54, 1.807) is 0 Å². The molecule has 27 heavy (non-hydrogen) atoms. The topological polar surface area (TPSA) is 116 Å². The van der Waals surface area contributed by atoms with Gasteiger partial charge in [-0.2, -0.15) is 0 Å². The maximum atomic E-state index is 12.4. The van der Waals surface area contributed by atoms with Gasteiger partial charge in [0, 0.05) is 12.6 Å². The molecule has 1 saturated heterocycles. The minimum Gasteiger partial charge on any atom is -0.497 e. The number of methoxy groups -OCH3 is 1. The third kappa shape index (κ3) is 3.79. The van der Waals surface area contributed by atoms with E-state index in [9.17, 15) is 19.2 Å². The number of nitrogens with two attached hydrogens (primary N) is 1. The molecule has 0 bridgehead atoms. The minimum atomic E-state index is -0.741. The van der Waals surface area contributed by atoms with Crippen LogP contribution in [0.2, 0.25) is 0 Å². The summed E-state index contributed by atoms with van der Waals surface area (Å²) in [5, 5.41) is 0. The molecule has 1 aromatic carbocycles. The largest absolute Gasteiger partial charge is 0.497 e. The van der Waals surface area contributed by atoms with Crippen LogP contribution >= 0.6 is 0 Å².